The van der Waals surface area contributed by atoms with Gasteiger partial charge in [0, 0.05) is 56.7 Å². The standard InChI is InChI=1S/C25H30N6O4/c1-18(32)19-5-7-20(8-6-19)28-23(33)16-21-25(35)27-10-11-31(21)24(34)17-29-12-14-30(15-13-29)22-4-2-3-9-26-22/h2-9,21H,10-17H2,1H3,(H,27,35)(H,28,33). The third-order valence-corrected chi connectivity index (χ3v) is 6.31. The van der Waals surface area contributed by atoms with E-state index in [0.29, 0.717) is 37.4 Å². The van der Waals surface area contributed by atoms with Crippen LogP contribution in [0.1, 0.15) is 23.7 Å². The third kappa shape index (κ3) is 6.21. The molecule has 0 saturated carbocycles. The van der Waals surface area contributed by atoms with Gasteiger partial charge in [-0.1, -0.05) is 6.07 Å². The number of Topliss-reactive ketones (excluding diaryl/α,β-unsaturated/α-hetero) is 1. The van der Waals surface area contributed by atoms with Gasteiger partial charge in [-0.2, -0.15) is 0 Å². The average Bonchev–Trinajstić information content (AvgIpc) is 2.86. The summed E-state index contributed by atoms with van der Waals surface area (Å²) in [5, 5.41) is 5.50. The fourth-order valence-corrected chi connectivity index (χ4v) is 4.35. The average molecular weight is 479 g/mol. The molecule has 1 atom stereocenters. The molecular weight excluding hydrogens is 448 g/mol. The largest absolute Gasteiger partial charge is 0.354 e. The van der Waals surface area contributed by atoms with E-state index in [2.05, 4.69) is 25.4 Å². The van der Waals surface area contributed by atoms with Crippen molar-refractivity contribution >= 4 is 35.0 Å². The van der Waals surface area contributed by atoms with Crippen molar-refractivity contribution < 1.29 is 19.2 Å². The summed E-state index contributed by atoms with van der Waals surface area (Å²) in [6.45, 7) is 5.35. The van der Waals surface area contributed by atoms with Gasteiger partial charge in [0.2, 0.25) is 17.7 Å². The molecule has 3 heterocycles. The van der Waals surface area contributed by atoms with Gasteiger partial charge in [-0.25, -0.2) is 4.98 Å². The molecule has 10 heteroatoms. The smallest absolute Gasteiger partial charge is 0.243 e. The number of anilines is 2. The Hall–Kier alpha value is -3.79. The molecule has 2 N–H and O–H groups in total. The number of nitrogens with one attached hydrogen (secondary N) is 2. The summed E-state index contributed by atoms with van der Waals surface area (Å²) in [6.07, 6.45) is 1.63. The molecule has 184 valence electrons. The second-order valence-corrected chi connectivity index (χ2v) is 8.73. The maximum Gasteiger partial charge on any atom is 0.243 e. The van der Waals surface area contributed by atoms with Crippen molar-refractivity contribution in [2.75, 3.05) is 56.0 Å². The lowest BCUT2D eigenvalue weighted by molar-refractivity contribution is -0.145. The molecule has 0 spiro atoms. The van der Waals surface area contributed by atoms with Crippen molar-refractivity contribution in [3.63, 3.8) is 0 Å². The van der Waals surface area contributed by atoms with Crippen molar-refractivity contribution in [1.82, 2.24) is 20.1 Å². The number of piperazine rings is 2. The van der Waals surface area contributed by atoms with Crippen molar-refractivity contribution in [3.05, 3.63) is 54.2 Å². The predicted octanol–water partition coefficient (Wildman–Crippen LogP) is 0.762. The molecule has 3 amide bonds. The van der Waals surface area contributed by atoms with Crippen LogP contribution in [0.3, 0.4) is 0 Å². The van der Waals surface area contributed by atoms with Gasteiger partial charge in [-0.05, 0) is 43.3 Å². The number of carbonyl (C=O) groups is 4. The Bertz CT molecular complexity index is 1070. The van der Waals surface area contributed by atoms with Gasteiger partial charge in [0.05, 0.1) is 13.0 Å². The van der Waals surface area contributed by atoms with Crippen LogP contribution in [0, 0.1) is 0 Å². The van der Waals surface area contributed by atoms with E-state index < -0.39 is 6.04 Å². The van der Waals surface area contributed by atoms with Gasteiger partial charge >= 0.3 is 0 Å². The Morgan fingerprint density at radius 3 is 2.43 bits per heavy atom. The number of amides is 3. The van der Waals surface area contributed by atoms with Crippen LogP contribution >= 0.6 is 0 Å². The molecule has 1 unspecified atom stereocenters. The summed E-state index contributed by atoms with van der Waals surface area (Å²) in [5.74, 6) is 0.00744. The molecule has 2 saturated heterocycles. The van der Waals surface area contributed by atoms with E-state index in [1.165, 1.54) is 11.8 Å². The molecule has 0 bridgehead atoms. The van der Waals surface area contributed by atoms with E-state index in [9.17, 15) is 19.2 Å². The molecule has 0 radical (unpaired) electrons. The summed E-state index contributed by atoms with van der Waals surface area (Å²) >= 11 is 0. The zero-order valence-corrected chi connectivity index (χ0v) is 19.8. The molecule has 0 aliphatic carbocycles. The lowest BCUT2D eigenvalue weighted by atomic mass is 10.1. The number of carbonyl (C=O) groups excluding carboxylic acids is 4. The Kier molecular flexibility index (Phi) is 7.71. The number of hydrogen-bond donors (Lipinski definition) is 2. The van der Waals surface area contributed by atoms with Crippen LogP contribution in [0.4, 0.5) is 11.5 Å². The lowest BCUT2D eigenvalue weighted by Crippen LogP contribution is -2.60. The summed E-state index contributed by atoms with van der Waals surface area (Å²) in [7, 11) is 0. The van der Waals surface area contributed by atoms with Crippen molar-refractivity contribution in [2.45, 2.75) is 19.4 Å². The summed E-state index contributed by atoms with van der Waals surface area (Å²) in [5.41, 5.74) is 1.08. The quantitative estimate of drug-likeness (QED) is 0.565. The summed E-state index contributed by atoms with van der Waals surface area (Å²) in [4.78, 5) is 59.9. The van der Waals surface area contributed by atoms with E-state index in [-0.39, 0.29) is 36.5 Å². The Balaban J connectivity index is 1.32. The van der Waals surface area contributed by atoms with Crippen LogP contribution in [0.2, 0.25) is 0 Å². The Morgan fingerprint density at radius 1 is 1.03 bits per heavy atom. The van der Waals surface area contributed by atoms with Gasteiger partial charge in [0.1, 0.15) is 11.9 Å². The van der Waals surface area contributed by atoms with Crippen LogP contribution in [-0.2, 0) is 14.4 Å². The summed E-state index contributed by atoms with van der Waals surface area (Å²) < 4.78 is 0. The van der Waals surface area contributed by atoms with Crippen molar-refractivity contribution in [1.29, 1.82) is 0 Å². The minimum atomic E-state index is -0.859. The van der Waals surface area contributed by atoms with Crippen LogP contribution in [0.5, 0.6) is 0 Å². The zero-order valence-electron chi connectivity index (χ0n) is 19.8. The number of nitrogens with zero attached hydrogens (tertiary/aromatic N) is 4. The topological polar surface area (TPSA) is 115 Å². The normalized spacial score (nSPS) is 18.7. The zero-order chi connectivity index (χ0) is 24.8. The van der Waals surface area contributed by atoms with Gasteiger partial charge in [0.15, 0.2) is 5.78 Å². The second kappa shape index (κ2) is 11.1. The van der Waals surface area contributed by atoms with Gasteiger partial charge in [-0.15, -0.1) is 0 Å². The fourth-order valence-electron chi connectivity index (χ4n) is 4.35. The Labute approximate surface area is 204 Å². The first-order valence-corrected chi connectivity index (χ1v) is 11.8. The Morgan fingerprint density at radius 2 is 1.77 bits per heavy atom. The lowest BCUT2D eigenvalue weighted by Gasteiger charge is -2.38. The van der Waals surface area contributed by atoms with E-state index in [0.717, 1.165) is 18.9 Å². The molecule has 2 aliphatic heterocycles. The maximum absolute atomic E-state index is 13.1. The minimum Gasteiger partial charge on any atom is -0.354 e. The molecule has 2 fully saturated rings. The van der Waals surface area contributed by atoms with Crippen molar-refractivity contribution in [2.24, 2.45) is 0 Å². The SMILES string of the molecule is CC(=O)c1ccc(NC(=O)CC2C(=O)NCCN2C(=O)CN2CCN(c3ccccn3)CC2)cc1. The molecule has 10 nitrogen and oxygen atoms in total. The van der Waals surface area contributed by atoms with E-state index in [1.807, 2.05) is 18.2 Å². The fraction of sp³-hybridized carbons (Fsp3) is 0.400. The highest BCUT2D eigenvalue weighted by Gasteiger charge is 2.35. The first kappa shape index (κ1) is 24.3. The minimum absolute atomic E-state index is 0.0611. The maximum atomic E-state index is 13.1. The van der Waals surface area contributed by atoms with Crippen LogP contribution < -0.4 is 15.5 Å². The van der Waals surface area contributed by atoms with Gasteiger partial charge in [0.25, 0.3) is 0 Å². The van der Waals surface area contributed by atoms with Crippen molar-refractivity contribution in [3.8, 4) is 0 Å². The first-order chi connectivity index (χ1) is 16.9. The number of hydrogen-bond acceptors (Lipinski definition) is 7. The predicted molar refractivity (Wildman–Crippen MR) is 131 cm³/mol. The van der Waals surface area contributed by atoms with Crippen LogP contribution in [0.15, 0.2) is 48.7 Å². The number of ketones is 1. The molecule has 35 heavy (non-hydrogen) atoms. The van der Waals surface area contributed by atoms with E-state index in [1.54, 1.807) is 30.5 Å². The van der Waals surface area contributed by atoms with E-state index in [4.69, 9.17) is 0 Å². The van der Waals surface area contributed by atoms with Crippen LogP contribution in [0.25, 0.3) is 0 Å². The monoisotopic (exact) mass is 478 g/mol. The highest BCUT2D eigenvalue weighted by atomic mass is 16.2. The summed E-state index contributed by atoms with van der Waals surface area (Å²) in [6, 6.07) is 11.5. The number of benzene rings is 1. The molecule has 2 aromatic rings. The number of aromatic nitrogens is 1. The number of pyridine rings is 1. The second-order valence-electron chi connectivity index (χ2n) is 8.73. The van der Waals surface area contributed by atoms with Gasteiger partial charge < -0.3 is 20.4 Å². The molecular formula is C25H30N6O4. The highest BCUT2D eigenvalue weighted by molar-refractivity contribution is 5.98. The van der Waals surface area contributed by atoms with E-state index >= 15 is 0 Å². The third-order valence-electron chi connectivity index (χ3n) is 6.31. The van der Waals surface area contributed by atoms with Crippen LogP contribution in [-0.4, -0.2) is 90.1 Å². The van der Waals surface area contributed by atoms with Gasteiger partial charge in [-0.3, -0.25) is 24.1 Å². The number of rotatable bonds is 7. The first-order valence-electron chi connectivity index (χ1n) is 11.8. The molecule has 4 rings (SSSR count). The highest BCUT2D eigenvalue weighted by Crippen LogP contribution is 2.16. The molecule has 1 aromatic heterocycles. The molecule has 1 aromatic carbocycles. The molecule has 2 aliphatic rings.